The molecule has 57 valence electrons. The molecule has 11 heavy (non-hydrogen) atoms. The molecular weight excluding hydrogens is 138 g/mol. The van der Waals surface area contributed by atoms with E-state index < -0.39 is 0 Å². The normalized spacial score (nSPS) is 9.18. The second-order valence-corrected chi connectivity index (χ2v) is 2.14. The molecule has 2 nitrogen and oxygen atoms in total. The summed E-state index contributed by atoms with van der Waals surface area (Å²) in [5.41, 5.74) is 0.829. The Kier molecular flexibility index (Phi) is 2.66. The monoisotopic (exact) mass is 148 g/mol. The van der Waals surface area contributed by atoms with Crippen LogP contribution in [0.25, 0.3) is 0 Å². The van der Waals surface area contributed by atoms with Crippen LogP contribution < -0.4 is 5.32 Å². The summed E-state index contributed by atoms with van der Waals surface area (Å²) in [5.74, 6) is -0.0730. The van der Waals surface area contributed by atoms with Crippen LogP contribution in [0.15, 0.2) is 30.3 Å². The highest BCUT2D eigenvalue weighted by molar-refractivity contribution is 5.96. The first kappa shape index (κ1) is 7.79. The van der Waals surface area contributed by atoms with E-state index >= 15 is 0 Å². The molecule has 0 aliphatic heterocycles. The van der Waals surface area contributed by atoms with Crippen molar-refractivity contribution < 1.29 is 4.79 Å². The van der Waals surface area contributed by atoms with Crippen LogP contribution in [0.2, 0.25) is 0 Å². The van der Waals surface area contributed by atoms with Gasteiger partial charge in [-0.1, -0.05) is 25.1 Å². The summed E-state index contributed by atoms with van der Waals surface area (Å²) < 4.78 is 0. The van der Waals surface area contributed by atoms with Crippen molar-refractivity contribution in [1.29, 1.82) is 0 Å². The van der Waals surface area contributed by atoms with Gasteiger partial charge in [-0.25, -0.2) is 0 Å². The topological polar surface area (TPSA) is 29.1 Å². The Labute approximate surface area is 66.2 Å². The van der Waals surface area contributed by atoms with Gasteiger partial charge in [-0.3, -0.25) is 4.79 Å². The van der Waals surface area contributed by atoms with E-state index in [-0.39, 0.29) is 5.91 Å². The molecule has 1 aromatic carbocycles. The summed E-state index contributed by atoms with van der Waals surface area (Å²) in [7, 11) is 0. The quantitative estimate of drug-likeness (QED) is 0.681. The smallest absolute Gasteiger partial charge is 0.227 e. The minimum absolute atomic E-state index is 0.0730. The van der Waals surface area contributed by atoms with Gasteiger partial charge < -0.3 is 5.32 Å². The highest BCUT2D eigenvalue weighted by Gasteiger charge is 1.95. The molecule has 0 unspecified atom stereocenters. The van der Waals surface area contributed by atoms with E-state index in [1.807, 2.05) is 30.3 Å². The van der Waals surface area contributed by atoms with E-state index in [2.05, 4.69) is 5.32 Å². The first-order chi connectivity index (χ1) is 5.33. The molecule has 2 heteroatoms. The molecule has 0 aliphatic carbocycles. The Morgan fingerprint density at radius 2 is 2.00 bits per heavy atom. The van der Waals surface area contributed by atoms with Crippen LogP contribution in [0.5, 0.6) is 0 Å². The lowest BCUT2D eigenvalue weighted by molar-refractivity contribution is -0.113. The second kappa shape index (κ2) is 3.76. The van der Waals surface area contributed by atoms with Gasteiger partial charge in [0.25, 0.3) is 0 Å². The standard InChI is InChI=1S/C9H10NO/c1-2-9(11)10-8-6-4-3-5-7-8/h2-7H,1H3,(H,10,11). The highest BCUT2D eigenvalue weighted by Crippen LogP contribution is 2.04. The zero-order valence-electron chi connectivity index (χ0n) is 6.37. The second-order valence-electron chi connectivity index (χ2n) is 2.14. The van der Waals surface area contributed by atoms with E-state index in [1.165, 1.54) is 6.42 Å². The minimum Gasteiger partial charge on any atom is -0.326 e. The number of rotatable bonds is 2. The molecule has 0 spiro atoms. The van der Waals surface area contributed by atoms with Gasteiger partial charge in [0.1, 0.15) is 0 Å². The molecule has 0 fully saturated rings. The summed E-state index contributed by atoms with van der Waals surface area (Å²) in [6, 6.07) is 9.37. The Morgan fingerprint density at radius 1 is 1.36 bits per heavy atom. The SMILES string of the molecule is C[CH]C(=O)Nc1ccccc1. The molecule has 1 rings (SSSR count). The Balaban J connectivity index is 2.58. The van der Waals surface area contributed by atoms with Gasteiger partial charge >= 0.3 is 0 Å². The van der Waals surface area contributed by atoms with Crippen LogP contribution in [0.4, 0.5) is 5.69 Å². The van der Waals surface area contributed by atoms with E-state index in [0.717, 1.165) is 5.69 Å². The summed E-state index contributed by atoms with van der Waals surface area (Å²) >= 11 is 0. The van der Waals surface area contributed by atoms with Crippen molar-refractivity contribution in [2.24, 2.45) is 0 Å². The lowest BCUT2D eigenvalue weighted by Crippen LogP contribution is -2.09. The third-order valence-electron chi connectivity index (χ3n) is 1.30. The van der Waals surface area contributed by atoms with Gasteiger partial charge in [-0.15, -0.1) is 0 Å². The van der Waals surface area contributed by atoms with Gasteiger partial charge in [0.15, 0.2) is 0 Å². The van der Waals surface area contributed by atoms with Gasteiger partial charge in [-0.2, -0.15) is 0 Å². The fourth-order valence-electron chi connectivity index (χ4n) is 0.736. The van der Waals surface area contributed by atoms with Crippen LogP contribution in [0, 0.1) is 6.42 Å². The molecule has 0 atom stereocenters. The number of amides is 1. The number of benzene rings is 1. The first-order valence-electron chi connectivity index (χ1n) is 3.48. The minimum atomic E-state index is -0.0730. The number of hydrogen-bond donors (Lipinski definition) is 1. The van der Waals surface area contributed by atoms with Crippen LogP contribution in [-0.2, 0) is 4.79 Å². The average molecular weight is 148 g/mol. The van der Waals surface area contributed by atoms with Crippen LogP contribution in [0.3, 0.4) is 0 Å². The Hall–Kier alpha value is -1.31. The number of carbonyl (C=O) groups excluding carboxylic acids is 1. The summed E-state index contributed by atoms with van der Waals surface area (Å²) in [6.07, 6.45) is 1.49. The van der Waals surface area contributed by atoms with Crippen molar-refractivity contribution in [3.63, 3.8) is 0 Å². The molecule has 0 aromatic heterocycles. The average Bonchev–Trinajstić information content (AvgIpc) is 2.06. The van der Waals surface area contributed by atoms with Crippen LogP contribution in [-0.4, -0.2) is 5.91 Å². The van der Waals surface area contributed by atoms with E-state index in [4.69, 9.17) is 0 Å². The number of hydrogen-bond acceptors (Lipinski definition) is 1. The maximum absolute atomic E-state index is 10.8. The number of carbonyl (C=O) groups is 1. The van der Waals surface area contributed by atoms with E-state index in [9.17, 15) is 4.79 Å². The fraction of sp³-hybridized carbons (Fsp3) is 0.111. The molecule has 1 radical (unpaired) electrons. The van der Waals surface area contributed by atoms with Crippen molar-refractivity contribution in [2.75, 3.05) is 5.32 Å². The van der Waals surface area contributed by atoms with Crippen molar-refractivity contribution in [1.82, 2.24) is 0 Å². The predicted molar refractivity (Wildman–Crippen MR) is 45.0 cm³/mol. The van der Waals surface area contributed by atoms with Gasteiger partial charge in [0.2, 0.25) is 5.91 Å². The molecule has 0 aliphatic rings. The van der Waals surface area contributed by atoms with Crippen molar-refractivity contribution >= 4 is 11.6 Å². The maximum atomic E-state index is 10.8. The van der Waals surface area contributed by atoms with Gasteiger partial charge in [0, 0.05) is 12.1 Å². The molecule has 0 bridgehead atoms. The van der Waals surface area contributed by atoms with Crippen LogP contribution >= 0.6 is 0 Å². The first-order valence-corrected chi connectivity index (χ1v) is 3.48. The lowest BCUT2D eigenvalue weighted by atomic mass is 10.3. The molecule has 0 saturated heterocycles. The maximum Gasteiger partial charge on any atom is 0.227 e. The van der Waals surface area contributed by atoms with Crippen molar-refractivity contribution in [3.8, 4) is 0 Å². The van der Waals surface area contributed by atoms with Gasteiger partial charge in [-0.05, 0) is 12.1 Å². The van der Waals surface area contributed by atoms with E-state index in [0.29, 0.717) is 0 Å². The predicted octanol–water partition coefficient (Wildman–Crippen LogP) is 1.85. The molecule has 0 saturated carbocycles. The van der Waals surface area contributed by atoms with Gasteiger partial charge in [0.05, 0.1) is 0 Å². The molecule has 1 N–H and O–H groups in total. The molecule has 0 heterocycles. The molecule has 1 aromatic rings. The van der Waals surface area contributed by atoms with Crippen molar-refractivity contribution in [2.45, 2.75) is 6.92 Å². The number of para-hydroxylation sites is 1. The number of anilines is 1. The summed E-state index contributed by atoms with van der Waals surface area (Å²) in [6.45, 7) is 1.71. The largest absolute Gasteiger partial charge is 0.326 e. The van der Waals surface area contributed by atoms with Crippen LogP contribution in [0.1, 0.15) is 6.92 Å². The summed E-state index contributed by atoms with van der Waals surface area (Å²) in [5, 5.41) is 2.70. The highest BCUT2D eigenvalue weighted by atomic mass is 16.1. The van der Waals surface area contributed by atoms with E-state index in [1.54, 1.807) is 6.92 Å². The third kappa shape index (κ3) is 2.42. The van der Waals surface area contributed by atoms with Crippen molar-refractivity contribution in [3.05, 3.63) is 36.8 Å². The summed E-state index contributed by atoms with van der Waals surface area (Å²) in [4.78, 5) is 10.8. The fourth-order valence-corrected chi connectivity index (χ4v) is 0.736. The Bertz CT molecular complexity index is 231. The zero-order chi connectivity index (χ0) is 8.10. The molecular formula is C9H10NO. The Morgan fingerprint density at radius 3 is 2.55 bits per heavy atom. The number of nitrogens with one attached hydrogen (secondary N) is 1. The molecule has 1 amide bonds. The zero-order valence-corrected chi connectivity index (χ0v) is 6.37. The lowest BCUT2D eigenvalue weighted by Gasteiger charge is -2.00. The third-order valence-corrected chi connectivity index (χ3v) is 1.30.